The maximum absolute atomic E-state index is 12.1. The Morgan fingerprint density at radius 3 is 2.57 bits per heavy atom. The number of amides is 1. The van der Waals surface area contributed by atoms with Crippen LogP contribution in [0.15, 0.2) is 90.0 Å². The fraction of sp³-hybridized carbons (Fsp3) is 0.130. The second-order valence-corrected chi connectivity index (χ2v) is 7.53. The number of fused-ring (bicyclic) bond motifs is 1. The van der Waals surface area contributed by atoms with Gasteiger partial charge in [0, 0.05) is 24.1 Å². The second-order valence-electron chi connectivity index (χ2n) is 6.48. The summed E-state index contributed by atoms with van der Waals surface area (Å²) < 4.78 is 1.85. The Morgan fingerprint density at radius 1 is 0.929 bits per heavy atom. The van der Waals surface area contributed by atoms with E-state index in [0.717, 1.165) is 16.3 Å². The Bertz CT molecular complexity index is 1080. The van der Waals surface area contributed by atoms with Gasteiger partial charge in [0.25, 0.3) is 0 Å². The van der Waals surface area contributed by atoms with E-state index in [1.54, 1.807) is 11.8 Å². The van der Waals surface area contributed by atoms with E-state index >= 15 is 0 Å². The molecular weight excluding hydrogens is 366 g/mol. The molecule has 0 saturated heterocycles. The number of hydrogen-bond donors (Lipinski definition) is 1. The molecule has 0 spiro atoms. The third-order valence-electron chi connectivity index (χ3n) is 4.46. The van der Waals surface area contributed by atoms with Gasteiger partial charge in [0.05, 0.1) is 17.1 Å². The largest absolute Gasteiger partial charge is 0.355 e. The van der Waals surface area contributed by atoms with Crippen LogP contribution >= 0.6 is 11.8 Å². The average Bonchev–Trinajstić information content (AvgIpc) is 3.22. The molecular formula is C23H21N3OS. The number of thioether (sulfide) groups is 1. The first-order valence-corrected chi connectivity index (χ1v) is 10.2. The lowest BCUT2D eigenvalue weighted by atomic mass is 10.1. The van der Waals surface area contributed by atoms with E-state index in [2.05, 4.69) is 40.7 Å². The summed E-state index contributed by atoms with van der Waals surface area (Å²) in [5.41, 5.74) is 2.00. The van der Waals surface area contributed by atoms with Gasteiger partial charge < -0.3 is 5.32 Å². The summed E-state index contributed by atoms with van der Waals surface area (Å²) in [7, 11) is 0. The monoisotopic (exact) mass is 387 g/mol. The molecule has 1 N–H and O–H groups in total. The van der Waals surface area contributed by atoms with E-state index < -0.39 is 0 Å². The van der Waals surface area contributed by atoms with Gasteiger partial charge in [0.2, 0.25) is 5.91 Å². The number of para-hydroxylation sites is 1. The molecule has 0 bridgehead atoms. The summed E-state index contributed by atoms with van der Waals surface area (Å²) >= 11 is 1.56. The number of nitrogens with zero attached hydrogens (tertiary/aromatic N) is 2. The molecule has 5 heteroatoms. The molecule has 0 fully saturated rings. The van der Waals surface area contributed by atoms with E-state index in [1.807, 2.05) is 59.4 Å². The Hall–Kier alpha value is -3.05. The van der Waals surface area contributed by atoms with Crippen LogP contribution in [-0.4, -0.2) is 28.0 Å². The highest BCUT2D eigenvalue weighted by Gasteiger charge is 2.05. The van der Waals surface area contributed by atoms with Crippen molar-refractivity contribution in [2.24, 2.45) is 0 Å². The zero-order valence-corrected chi connectivity index (χ0v) is 16.2. The maximum Gasteiger partial charge on any atom is 0.230 e. The lowest BCUT2D eigenvalue weighted by Crippen LogP contribution is -2.27. The average molecular weight is 388 g/mol. The van der Waals surface area contributed by atoms with Crippen molar-refractivity contribution in [3.05, 3.63) is 90.8 Å². The first-order valence-electron chi connectivity index (χ1n) is 9.26. The molecule has 1 heterocycles. The molecule has 4 nitrogen and oxygen atoms in total. The Morgan fingerprint density at radius 2 is 1.71 bits per heavy atom. The zero-order chi connectivity index (χ0) is 19.2. The summed E-state index contributed by atoms with van der Waals surface area (Å²) in [6.45, 7) is 0.586. The van der Waals surface area contributed by atoms with E-state index in [9.17, 15) is 4.79 Å². The number of rotatable bonds is 7. The number of nitrogens with one attached hydrogen (secondary N) is 1. The maximum atomic E-state index is 12.1. The molecule has 4 rings (SSSR count). The normalized spacial score (nSPS) is 10.9. The van der Waals surface area contributed by atoms with E-state index in [1.165, 1.54) is 10.8 Å². The Kier molecular flexibility index (Phi) is 5.73. The van der Waals surface area contributed by atoms with Gasteiger partial charge in [0.15, 0.2) is 0 Å². The van der Waals surface area contributed by atoms with Crippen molar-refractivity contribution >= 4 is 28.4 Å². The van der Waals surface area contributed by atoms with Gasteiger partial charge in [-0.25, -0.2) is 4.68 Å². The topological polar surface area (TPSA) is 46.9 Å². The zero-order valence-electron chi connectivity index (χ0n) is 15.4. The van der Waals surface area contributed by atoms with Crippen LogP contribution in [-0.2, 0) is 11.2 Å². The number of hydrogen-bond acceptors (Lipinski definition) is 3. The lowest BCUT2D eigenvalue weighted by molar-refractivity contribution is -0.118. The molecule has 0 atom stereocenters. The summed E-state index contributed by atoms with van der Waals surface area (Å²) in [4.78, 5) is 13.2. The van der Waals surface area contributed by atoms with E-state index in [4.69, 9.17) is 0 Å². The molecule has 0 saturated carbocycles. The first-order chi connectivity index (χ1) is 13.8. The first kappa shape index (κ1) is 18.3. The van der Waals surface area contributed by atoms with E-state index in [0.29, 0.717) is 18.7 Å². The standard InChI is InChI=1S/C23H21N3OS/c27-23(17-28-22-11-10-18-6-4-5-7-19(18)16-22)24-14-12-20-13-15-26(25-20)21-8-2-1-3-9-21/h1-11,13,15-16H,12,14,17H2,(H,24,27). The summed E-state index contributed by atoms with van der Waals surface area (Å²) in [6, 6.07) is 26.5. The van der Waals surface area contributed by atoms with Crippen molar-refractivity contribution in [2.45, 2.75) is 11.3 Å². The third kappa shape index (κ3) is 4.61. The molecule has 0 aliphatic carbocycles. The number of carbonyl (C=O) groups is 1. The van der Waals surface area contributed by atoms with Crippen LogP contribution in [0, 0.1) is 0 Å². The van der Waals surface area contributed by atoms with Crippen LogP contribution in [0.1, 0.15) is 5.69 Å². The van der Waals surface area contributed by atoms with Gasteiger partial charge in [0.1, 0.15) is 0 Å². The second kappa shape index (κ2) is 8.76. The van der Waals surface area contributed by atoms with Crippen molar-refractivity contribution in [3.63, 3.8) is 0 Å². The molecule has 3 aromatic carbocycles. The van der Waals surface area contributed by atoms with Crippen molar-refractivity contribution in [3.8, 4) is 5.69 Å². The highest BCUT2D eigenvalue weighted by molar-refractivity contribution is 8.00. The van der Waals surface area contributed by atoms with Gasteiger partial charge >= 0.3 is 0 Å². The SMILES string of the molecule is O=C(CSc1ccc2ccccc2c1)NCCc1ccn(-c2ccccc2)n1. The smallest absolute Gasteiger partial charge is 0.230 e. The summed E-state index contributed by atoms with van der Waals surface area (Å²) in [6.07, 6.45) is 2.66. The predicted molar refractivity (Wildman–Crippen MR) is 115 cm³/mol. The molecule has 0 radical (unpaired) electrons. The third-order valence-corrected chi connectivity index (χ3v) is 5.45. The quantitative estimate of drug-likeness (QED) is 0.476. The fourth-order valence-electron chi connectivity index (χ4n) is 3.01. The minimum atomic E-state index is 0.0423. The highest BCUT2D eigenvalue weighted by Crippen LogP contribution is 2.23. The molecule has 0 aliphatic rings. The summed E-state index contributed by atoms with van der Waals surface area (Å²) in [5, 5.41) is 9.95. The molecule has 140 valence electrons. The molecule has 0 aliphatic heterocycles. The Labute approximate surface area is 168 Å². The minimum Gasteiger partial charge on any atom is -0.355 e. The van der Waals surface area contributed by atoms with Gasteiger partial charge in [-0.2, -0.15) is 5.10 Å². The minimum absolute atomic E-state index is 0.0423. The van der Waals surface area contributed by atoms with Crippen molar-refractivity contribution in [1.29, 1.82) is 0 Å². The van der Waals surface area contributed by atoms with Gasteiger partial charge in [-0.15, -0.1) is 11.8 Å². The summed E-state index contributed by atoms with van der Waals surface area (Å²) in [5.74, 6) is 0.456. The van der Waals surface area contributed by atoms with Crippen LogP contribution in [0.2, 0.25) is 0 Å². The van der Waals surface area contributed by atoms with E-state index in [-0.39, 0.29) is 5.91 Å². The van der Waals surface area contributed by atoms with Crippen LogP contribution in [0.4, 0.5) is 0 Å². The number of carbonyl (C=O) groups excluding carboxylic acids is 1. The van der Waals surface area contributed by atoms with Gasteiger partial charge in [-0.3, -0.25) is 4.79 Å². The van der Waals surface area contributed by atoms with Crippen molar-refractivity contribution < 1.29 is 4.79 Å². The Balaban J connectivity index is 1.24. The predicted octanol–water partition coefficient (Wildman–Crippen LogP) is 4.48. The van der Waals surface area contributed by atoms with Crippen LogP contribution in [0.25, 0.3) is 16.5 Å². The fourth-order valence-corrected chi connectivity index (χ4v) is 3.78. The highest BCUT2D eigenvalue weighted by atomic mass is 32.2. The van der Waals surface area contributed by atoms with Gasteiger partial charge in [-0.05, 0) is 41.1 Å². The lowest BCUT2D eigenvalue weighted by Gasteiger charge is -2.05. The van der Waals surface area contributed by atoms with Crippen LogP contribution < -0.4 is 5.32 Å². The molecule has 1 amide bonds. The number of aromatic nitrogens is 2. The van der Waals surface area contributed by atoms with Crippen LogP contribution in [0.5, 0.6) is 0 Å². The molecule has 28 heavy (non-hydrogen) atoms. The number of benzene rings is 3. The van der Waals surface area contributed by atoms with Crippen LogP contribution in [0.3, 0.4) is 0 Å². The van der Waals surface area contributed by atoms with Crippen molar-refractivity contribution in [1.82, 2.24) is 15.1 Å². The molecule has 1 aromatic heterocycles. The van der Waals surface area contributed by atoms with Gasteiger partial charge in [-0.1, -0.05) is 48.5 Å². The molecule has 0 unspecified atom stereocenters. The molecule has 4 aromatic rings. The van der Waals surface area contributed by atoms with Crippen molar-refractivity contribution in [2.75, 3.05) is 12.3 Å².